The molecule has 0 aliphatic carbocycles. The van der Waals surface area contributed by atoms with E-state index in [0.29, 0.717) is 47.3 Å². The van der Waals surface area contributed by atoms with E-state index in [0.717, 1.165) is 68.8 Å². The van der Waals surface area contributed by atoms with Crippen LogP contribution >= 0.6 is 0 Å². The number of benzene rings is 9. The minimum absolute atomic E-state index is 0. The largest absolute Gasteiger partial charge is 0.366 e. The average Bonchev–Trinajstić information content (AvgIpc) is 0.995. The number of hydrogen-bond donors (Lipinski definition) is 0. The Kier molecular flexibility index (Phi) is 20.8. The van der Waals surface area contributed by atoms with Gasteiger partial charge in [0.25, 0.3) is 0 Å². The molecule has 11 heteroatoms. The monoisotopic (exact) mass is 1630 g/mol. The second kappa shape index (κ2) is 28.7. The van der Waals surface area contributed by atoms with Crippen LogP contribution in [0.15, 0.2) is 182 Å². The third kappa shape index (κ3) is 12.9. The minimum atomic E-state index is -0.0413. The molecule has 6 heterocycles. The molecule has 9 nitrogen and oxygen atoms in total. The predicted octanol–water partition coefficient (Wildman–Crippen LogP) is 21.7. The van der Waals surface area contributed by atoms with Crippen molar-refractivity contribution in [3.8, 4) is 0 Å². The Balaban J connectivity index is 0.000000219. The van der Waals surface area contributed by atoms with Gasteiger partial charge < -0.3 is 42.8 Å². The van der Waals surface area contributed by atoms with Crippen LogP contribution in [0.5, 0.6) is 0 Å². The summed E-state index contributed by atoms with van der Waals surface area (Å²) in [5.74, 6) is 4.41. The fourth-order valence-electron chi connectivity index (χ4n) is 14.6. The van der Waals surface area contributed by atoms with Crippen molar-refractivity contribution in [2.45, 2.75) is 177 Å². The van der Waals surface area contributed by atoms with Crippen LogP contribution in [0.3, 0.4) is 0 Å². The number of hydrogen-bond acceptors (Lipinski definition) is 3. The Morgan fingerprint density at radius 2 is 0.740 bits per heavy atom. The van der Waals surface area contributed by atoms with E-state index in [1.54, 1.807) is 0 Å². The van der Waals surface area contributed by atoms with Gasteiger partial charge in [-0.1, -0.05) is 298 Å². The average molecular weight is 1630 g/mol. The molecule has 0 N–H and O–H groups in total. The van der Waals surface area contributed by atoms with Gasteiger partial charge in [0, 0.05) is 118 Å². The molecule has 0 bridgehead atoms. The second-order valence-corrected chi connectivity index (χ2v) is 28.5. The van der Waals surface area contributed by atoms with Crippen molar-refractivity contribution >= 4 is 91.0 Å². The summed E-state index contributed by atoms with van der Waals surface area (Å²) in [6, 6.07) is 65.5. The van der Waals surface area contributed by atoms with Crippen LogP contribution < -0.4 is 14.9 Å². The first-order chi connectivity index (χ1) is 45.3. The van der Waals surface area contributed by atoms with Crippen LogP contribution in [0, 0.1) is 0 Å². The Morgan fingerprint density at radius 1 is 0.385 bits per heavy atom. The third-order valence-corrected chi connectivity index (χ3v) is 19.3. The summed E-state index contributed by atoms with van der Waals surface area (Å²) in [5, 5.41) is 0. The van der Waals surface area contributed by atoms with E-state index in [1.807, 2.05) is 72.8 Å². The van der Waals surface area contributed by atoms with Gasteiger partial charge in [-0.05, 0) is 103 Å². The molecule has 1 atom stereocenters. The van der Waals surface area contributed by atoms with Gasteiger partial charge in [-0.25, -0.2) is 0 Å². The van der Waals surface area contributed by atoms with Crippen molar-refractivity contribution in [3.05, 3.63) is 249 Å². The molecular formula is C85H91Au2N9-2. The van der Waals surface area contributed by atoms with Crippen molar-refractivity contribution in [3.63, 3.8) is 0 Å². The summed E-state index contributed by atoms with van der Waals surface area (Å²) >= 11 is 0. The third-order valence-electron chi connectivity index (χ3n) is 19.3. The standard InChI is InChI=1S/C59H75N3.2C13H8N3.2Au/c1-35(2)45-21-17-22-46(36(3)4)56(45)54-33-60(57-47(37(5)6)23-18-24-48(57)38(7)8)31-43-30-55-44(29-53(43)54)32-61(58-49(39(9)10)25-19-26-50(58)40(11)12)34-62(55)59-51(41(13)14)27-20-28-52(59)42(15)16;2*1-3-7-11-9(5-1)14-13-15-10-6-2-4-8-12(10)16(11)13;;/h17-30,35-42,54H,31-32H2,1-16H3;2*1-8H;;/q;2*-1;;. The van der Waals surface area contributed by atoms with E-state index in [-0.39, 0.29) is 50.7 Å². The van der Waals surface area contributed by atoms with Crippen LogP contribution in [0.1, 0.15) is 231 Å². The molecule has 0 spiro atoms. The van der Waals surface area contributed by atoms with Crippen molar-refractivity contribution < 1.29 is 53.9 Å². The van der Waals surface area contributed by atoms with Crippen LogP contribution in [0.25, 0.3) is 55.7 Å². The van der Waals surface area contributed by atoms with Gasteiger partial charge in [-0.2, -0.15) is 0 Å². The minimum Gasteiger partial charge on any atom is -0.366 e. The van der Waals surface area contributed by atoms with E-state index in [1.165, 1.54) is 89.5 Å². The summed E-state index contributed by atoms with van der Waals surface area (Å²) in [5.41, 5.74) is 30.2. The normalized spacial score (nSPS) is 13.9. The Labute approximate surface area is 599 Å². The molecule has 2 radical (unpaired) electrons. The van der Waals surface area contributed by atoms with Gasteiger partial charge in [-0.15, -0.1) is 0 Å². The van der Waals surface area contributed by atoms with Crippen LogP contribution in [-0.2, 0) is 57.9 Å². The molecule has 4 aromatic heterocycles. The number of rotatable bonds is 12. The Hall–Kier alpha value is -7.86. The maximum atomic E-state index is 4.50. The fraction of sp³-hybridized carbons (Fsp3) is 0.318. The van der Waals surface area contributed by atoms with Gasteiger partial charge in [0.2, 0.25) is 6.34 Å². The summed E-state index contributed by atoms with van der Waals surface area (Å²) < 4.78 is 9.22. The molecule has 0 amide bonds. The summed E-state index contributed by atoms with van der Waals surface area (Å²) in [4.78, 5) is 20.5. The van der Waals surface area contributed by atoms with E-state index >= 15 is 0 Å². The first kappa shape index (κ1) is 69.5. The number of aromatic nitrogens is 6. The predicted molar refractivity (Wildman–Crippen MR) is 393 cm³/mol. The molecular weight excluding hydrogens is 1540 g/mol. The van der Waals surface area contributed by atoms with Gasteiger partial charge in [-0.3, -0.25) is 0 Å². The van der Waals surface area contributed by atoms with Crippen LogP contribution in [0.4, 0.5) is 22.7 Å². The smallest absolute Gasteiger partial charge is 0.245 e. The number of nitrogens with zero attached hydrogens (tertiary/aromatic N) is 9. The van der Waals surface area contributed by atoms with Gasteiger partial charge in [0.15, 0.2) is 0 Å². The first-order valence-electron chi connectivity index (χ1n) is 34.4. The zero-order valence-electron chi connectivity index (χ0n) is 58.6. The number of imidazole rings is 4. The molecule has 15 rings (SSSR count). The van der Waals surface area contributed by atoms with E-state index in [4.69, 9.17) is 0 Å². The molecule has 0 fully saturated rings. The number of para-hydroxylation sites is 11. The Bertz CT molecular complexity index is 4490. The van der Waals surface area contributed by atoms with Crippen molar-refractivity contribution in [2.75, 3.05) is 4.90 Å². The van der Waals surface area contributed by atoms with Crippen molar-refractivity contribution in [2.24, 2.45) is 0 Å². The van der Waals surface area contributed by atoms with Gasteiger partial charge >= 0.3 is 0 Å². The quantitative estimate of drug-likeness (QED) is 0.0692. The molecule has 1 unspecified atom stereocenters. The van der Waals surface area contributed by atoms with Crippen molar-refractivity contribution in [1.29, 1.82) is 0 Å². The SMILES string of the molecule is CC(C)c1cccc(C(C)C)c1C1[C-]=[N+](c2c(C(C)C)cccc2C(C)C)Cc2cc3c(cc21)C[N+](c1c(C(C)C)cccc1C(C)C)=[C-]N3c1c(C(C)C)cccc1C(C)C.[Au].[Au].c1ccc2c(c1)nc1[n-]c3ccccc3n12.c1ccc2c(c1)nc1[n-]c3ccccc3n12. The molecule has 96 heavy (non-hydrogen) atoms. The fourth-order valence-corrected chi connectivity index (χ4v) is 14.6. The first-order valence-corrected chi connectivity index (χ1v) is 34.4. The topological polar surface area (TPSA) is 72.1 Å². The molecule has 2 aliphatic rings. The zero-order valence-corrected chi connectivity index (χ0v) is 62.9. The van der Waals surface area contributed by atoms with E-state index in [2.05, 4.69) is 275 Å². The number of fused-ring (bicyclic) bond motifs is 12. The molecule has 0 saturated heterocycles. The van der Waals surface area contributed by atoms with Gasteiger partial charge in [0.1, 0.15) is 6.54 Å². The van der Waals surface area contributed by atoms with E-state index < -0.39 is 0 Å². The zero-order chi connectivity index (χ0) is 66.0. The summed E-state index contributed by atoms with van der Waals surface area (Å²) in [6.07, 6.45) is 8.45. The van der Waals surface area contributed by atoms with Crippen LogP contribution in [-0.4, -0.2) is 40.5 Å². The summed E-state index contributed by atoms with van der Waals surface area (Å²) in [7, 11) is 0. The maximum absolute atomic E-state index is 4.50. The number of anilines is 2. The van der Waals surface area contributed by atoms with E-state index in [9.17, 15) is 0 Å². The molecule has 0 saturated carbocycles. The van der Waals surface area contributed by atoms with Crippen LogP contribution in [0.2, 0.25) is 0 Å². The van der Waals surface area contributed by atoms with Gasteiger partial charge in [0.05, 0.1) is 29.3 Å². The molecule has 9 aromatic carbocycles. The molecule has 2 aliphatic heterocycles. The molecule has 13 aromatic rings. The second-order valence-electron chi connectivity index (χ2n) is 28.5. The summed E-state index contributed by atoms with van der Waals surface area (Å²) in [6.45, 7) is 39.0. The Morgan fingerprint density at radius 3 is 1.16 bits per heavy atom. The maximum Gasteiger partial charge on any atom is 0.245 e. The van der Waals surface area contributed by atoms with Crippen molar-refractivity contribution in [1.82, 2.24) is 28.7 Å². The molecule has 500 valence electrons.